The van der Waals surface area contributed by atoms with Gasteiger partial charge in [-0.15, -0.1) is 0 Å². The second-order valence-electron chi connectivity index (χ2n) is 6.94. The average Bonchev–Trinajstić information content (AvgIpc) is 2.76. The van der Waals surface area contributed by atoms with Crippen LogP contribution >= 0.6 is 11.6 Å². The van der Waals surface area contributed by atoms with Gasteiger partial charge >= 0.3 is 0 Å². The molecule has 0 saturated carbocycles. The molecule has 2 rings (SSSR count). The third-order valence-electron chi connectivity index (χ3n) is 4.53. The highest BCUT2D eigenvalue weighted by atomic mass is 35.5. The molecular weight excluding hydrogens is 398 g/mol. The molecule has 0 aliphatic rings. The SMILES string of the molecule is N#CNC(=NCCCCCCCCCCOc1ccccc1Cl)Nc1ccncc1. The molecule has 1 aromatic carbocycles. The summed E-state index contributed by atoms with van der Waals surface area (Å²) in [5.41, 5.74) is 0.851. The van der Waals surface area contributed by atoms with Crippen molar-refractivity contribution in [3.05, 3.63) is 53.8 Å². The third-order valence-corrected chi connectivity index (χ3v) is 4.85. The number of pyridine rings is 1. The van der Waals surface area contributed by atoms with Crippen LogP contribution in [0, 0.1) is 11.5 Å². The zero-order valence-corrected chi connectivity index (χ0v) is 18.1. The topological polar surface area (TPSA) is 82.3 Å². The second-order valence-corrected chi connectivity index (χ2v) is 7.34. The van der Waals surface area contributed by atoms with Crippen molar-refractivity contribution in [2.75, 3.05) is 18.5 Å². The van der Waals surface area contributed by atoms with Gasteiger partial charge in [0.15, 0.2) is 6.19 Å². The number of aromatic nitrogens is 1. The number of halogens is 1. The quantitative estimate of drug-likeness (QED) is 0.139. The Bertz CT molecular complexity index is 792. The molecule has 0 atom stereocenters. The van der Waals surface area contributed by atoms with E-state index in [2.05, 4.69) is 20.6 Å². The van der Waals surface area contributed by atoms with Crippen LogP contribution in [0.2, 0.25) is 5.02 Å². The number of hydrogen-bond acceptors (Lipinski definition) is 4. The highest BCUT2D eigenvalue weighted by Crippen LogP contribution is 2.23. The summed E-state index contributed by atoms with van der Waals surface area (Å²) >= 11 is 6.07. The molecule has 6 nitrogen and oxygen atoms in total. The van der Waals surface area contributed by atoms with E-state index in [1.807, 2.05) is 42.6 Å². The maximum atomic E-state index is 8.85. The van der Waals surface area contributed by atoms with Crippen LogP contribution in [-0.4, -0.2) is 24.1 Å². The highest BCUT2D eigenvalue weighted by molar-refractivity contribution is 6.32. The number of unbranched alkanes of at least 4 members (excludes halogenated alkanes) is 7. The molecule has 0 unspecified atom stereocenters. The number of rotatable bonds is 13. The van der Waals surface area contributed by atoms with Gasteiger partial charge in [0.1, 0.15) is 5.75 Å². The molecule has 160 valence electrons. The lowest BCUT2D eigenvalue weighted by Gasteiger charge is -2.08. The molecule has 0 radical (unpaired) electrons. The van der Waals surface area contributed by atoms with Gasteiger partial charge in [0.25, 0.3) is 0 Å². The molecule has 1 heterocycles. The fourth-order valence-corrected chi connectivity index (χ4v) is 3.13. The van der Waals surface area contributed by atoms with Gasteiger partial charge in [-0.25, -0.2) is 0 Å². The normalized spacial score (nSPS) is 11.0. The lowest BCUT2D eigenvalue weighted by molar-refractivity contribution is 0.304. The van der Waals surface area contributed by atoms with Crippen molar-refractivity contribution in [1.82, 2.24) is 10.3 Å². The van der Waals surface area contributed by atoms with E-state index in [0.717, 1.165) is 30.7 Å². The molecule has 0 aliphatic carbocycles. The Labute approximate surface area is 184 Å². The van der Waals surface area contributed by atoms with Gasteiger partial charge in [-0.3, -0.25) is 15.3 Å². The van der Waals surface area contributed by atoms with Gasteiger partial charge in [-0.05, 0) is 37.1 Å². The molecule has 7 heteroatoms. The van der Waals surface area contributed by atoms with Gasteiger partial charge < -0.3 is 10.1 Å². The van der Waals surface area contributed by atoms with E-state index in [1.54, 1.807) is 12.4 Å². The summed E-state index contributed by atoms with van der Waals surface area (Å²) in [6.07, 6.45) is 14.6. The fourth-order valence-electron chi connectivity index (χ4n) is 2.94. The van der Waals surface area contributed by atoms with Gasteiger partial charge in [0.05, 0.1) is 11.6 Å². The molecule has 0 aliphatic heterocycles. The smallest absolute Gasteiger partial charge is 0.209 e. The number of benzene rings is 1. The zero-order chi connectivity index (χ0) is 21.3. The highest BCUT2D eigenvalue weighted by Gasteiger charge is 2.00. The maximum absolute atomic E-state index is 8.85. The molecule has 2 aromatic rings. The van der Waals surface area contributed by atoms with Gasteiger partial charge in [0, 0.05) is 24.6 Å². The number of nitrogens with zero attached hydrogens (tertiary/aromatic N) is 3. The third kappa shape index (κ3) is 10.1. The number of anilines is 1. The minimum Gasteiger partial charge on any atom is -0.492 e. The molecule has 2 N–H and O–H groups in total. The van der Waals surface area contributed by atoms with E-state index in [9.17, 15) is 0 Å². The predicted molar refractivity (Wildman–Crippen MR) is 123 cm³/mol. The molecule has 0 fully saturated rings. The number of ether oxygens (including phenoxy) is 1. The van der Waals surface area contributed by atoms with Crippen LogP contribution in [0.25, 0.3) is 0 Å². The Morgan fingerprint density at radius 1 is 0.967 bits per heavy atom. The number of para-hydroxylation sites is 1. The van der Waals surface area contributed by atoms with Gasteiger partial charge in [-0.1, -0.05) is 62.3 Å². The van der Waals surface area contributed by atoms with Crippen molar-refractivity contribution < 1.29 is 4.74 Å². The fraction of sp³-hybridized carbons (Fsp3) is 0.435. The Balaban J connectivity index is 1.46. The van der Waals surface area contributed by atoms with Crippen LogP contribution in [-0.2, 0) is 0 Å². The maximum Gasteiger partial charge on any atom is 0.209 e. The van der Waals surface area contributed by atoms with Crippen LogP contribution < -0.4 is 15.4 Å². The summed E-state index contributed by atoms with van der Waals surface area (Å²) < 4.78 is 5.71. The van der Waals surface area contributed by atoms with Crippen LogP contribution in [0.15, 0.2) is 53.8 Å². The van der Waals surface area contributed by atoms with Crippen molar-refractivity contribution in [2.45, 2.75) is 51.4 Å². The number of aliphatic imine (C=N–C) groups is 1. The van der Waals surface area contributed by atoms with Gasteiger partial charge in [0.2, 0.25) is 5.96 Å². The molecule has 0 spiro atoms. The second kappa shape index (κ2) is 15.1. The van der Waals surface area contributed by atoms with Crippen LogP contribution in [0.4, 0.5) is 5.69 Å². The van der Waals surface area contributed by atoms with Gasteiger partial charge in [-0.2, -0.15) is 5.26 Å². The molecule has 0 saturated heterocycles. The van der Waals surface area contributed by atoms with Crippen LogP contribution in [0.1, 0.15) is 51.4 Å². The molecular formula is C23H30ClN5O. The molecule has 0 bridgehead atoms. The lowest BCUT2D eigenvalue weighted by atomic mass is 10.1. The van der Waals surface area contributed by atoms with E-state index in [4.69, 9.17) is 21.6 Å². The van der Waals surface area contributed by atoms with Crippen molar-refractivity contribution in [2.24, 2.45) is 4.99 Å². The number of nitrogens with one attached hydrogen (secondary N) is 2. The monoisotopic (exact) mass is 427 g/mol. The Kier molecular flexibility index (Phi) is 11.8. The Morgan fingerprint density at radius 2 is 1.63 bits per heavy atom. The first-order valence-corrected chi connectivity index (χ1v) is 10.9. The lowest BCUT2D eigenvalue weighted by Crippen LogP contribution is -2.27. The van der Waals surface area contributed by atoms with E-state index < -0.39 is 0 Å². The first-order chi connectivity index (χ1) is 14.8. The Morgan fingerprint density at radius 3 is 2.33 bits per heavy atom. The zero-order valence-electron chi connectivity index (χ0n) is 17.3. The summed E-state index contributed by atoms with van der Waals surface area (Å²) in [4.78, 5) is 8.41. The van der Waals surface area contributed by atoms with Crippen LogP contribution in [0.5, 0.6) is 5.75 Å². The van der Waals surface area contributed by atoms with Crippen molar-refractivity contribution >= 4 is 23.2 Å². The minimum absolute atomic E-state index is 0.475. The predicted octanol–water partition coefficient (Wildman–Crippen LogP) is 5.77. The minimum atomic E-state index is 0.475. The van der Waals surface area contributed by atoms with Crippen LogP contribution in [0.3, 0.4) is 0 Å². The van der Waals surface area contributed by atoms with Crippen molar-refractivity contribution in [3.63, 3.8) is 0 Å². The first-order valence-electron chi connectivity index (χ1n) is 10.5. The Hall–Kier alpha value is -2.78. The van der Waals surface area contributed by atoms with Crippen molar-refractivity contribution in [1.29, 1.82) is 5.26 Å². The summed E-state index contributed by atoms with van der Waals surface area (Å²) in [5, 5.41) is 15.2. The van der Waals surface area contributed by atoms with E-state index in [1.165, 1.54) is 32.1 Å². The first kappa shape index (κ1) is 23.5. The number of hydrogen-bond donors (Lipinski definition) is 2. The van der Waals surface area contributed by atoms with Crippen molar-refractivity contribution in [3.8, 4) is 11.9 Å². The largest absolute Gasteiger partial charge is 0.492 e. The molecule has 1 aromatic heterocycles. The molecule has 30 heavy (non-hydrogen) atoms. The average molecular weight is 428 g/mol. The molecule has 0 amide bonds. The summed E-state index contributed by atoms with van der Waals surface area (Å²) in [7, 11) is 0. The summed E-state index contributed by atoms with van der Waals surface area (Å²) in [5.74, 6) is 1.24. The van der Waals surface area contributed by atoms with E-state index in [-0.39, 0.29) is 0 Å². The number of guanidine groups is 1. The number of nitriles is 1. The summed E-state index contributed by atoms with van der Waals surface area (Å²) in [6, 6.07) is 11.3. The standard InChI is InChI=1S/C23H30ClN5O/c24-21-11-7-8-12-22(21)30-18-10-6-4-2-1-3-5-9-15-27-23(28-19-25)29-20-13-16-26-17-14-20/h7-8,11-14,16-17H,1-6,9-10,15,18H2,(H2,26,27,28,29). The van der Waals surface area contributed by atoms with E-state index in [0.29, 0.717) is 24.1 Å². The van der Waals surface area contributed by atoms with E-state index >= 15 is 0 Å². The summed E-state index contributed by atoms with van der Waals surface area (Å²) in [6.45, 7) is 1.41.